The van der Waals surface area contributed by atoms with Crippen LogP contribution < -0.4 is 15.8 Å². The Morgan fingerprint density at radius 3 is 2.50 bits per heavy atom. The van der Waals surface area contributed by atoms with Crippen molar-refractivity contribution in [2.45, 2.75) is 43.4 Å². The predicted octanol–water partition coefficient (Wildman–Crippen LogP) is 0.529. The van der Waals surface area contributed by atoms with Gasteiger partial charge in [-0.15, -0.1) is 12.4 Å². The first-order valence-electron chi connectivity index (χ1n) is 7.68. The maximum absolute atomic E-state index is 12.0. The summed E-state index contributed by atoms with van der Waals surface area (Å²) in [5, 5.41) is 2.80. The molecule has 0 aliphatic carbocycles. The molecule has 1 amide bonds. The van der Waals surface area contributed by atoms with Crippen LogP contribution in [-0.2, 0) is 26.1 Å². The second-order valence-corrected chi connectivity index (χ2v) is 7.19. The Hall–Kier alpha value is -1.19. The second-order valence-electron chi connectivity index (χ2n) is 5.42. The number of hydrogen-bond acceptors (Lipinski definition) is 5. The van der Waals surface area contributed by atoms with Gasteiger partial charge in [0.2, 0.25) is 15.9 Å². The summed E-state index contributed by atoms with van der Waals surface area (Å²) >= 11 is 0. The van der Waals surface area contributed by atoms with E-state index >= 15 is 0 Å². The van der Waals surface area contributed by atoms with Crippen molar-refractivity contribution in [3.05, 3.63) is 29.8 Å². The molecule has 0 saturated carbocycles. The molecule has 0 unspecified atom stereocenters. The molecule has 9 heteroatoms. The molecule has 0 spiro atoms. The van der Waals surface area contributed by atoms with E-state index in [0.717, 1.165) is 12.0 Å². The van der Waals surface area contributed by atoms with Crippen LogP contribution in [0, 0.1) is 0 Å². The van der Waals surface area contributed by atoms with Crippen LogP contribution in [0.25, 0.3) is 0 Å². The Bertz CT molecular complexity index is 637. The number of ether oxygens (including phenoxy) is 1. The molecule has 1 heterocycles. The third kappa shape index (κ3) is 5.42. The maximum atomic E-state index is 12.0. The highest BCUT2D eigenvalue weighted by Crippen LogP contribution is 2.19. The maximum Gasteiger partial charge on any atom is 0.249 e. The monoisotopic (exact) mass is 377 g/mol. The van der Waals surface area contributed by atoms with Crippen molar-refractivity contribution < 1.29 is 17.9 Å². The zero-order valence-electron chi connectivity index (χ0n) is 13.5. The van der Waals surface area contributed by atoms with E-state index in [1.165, 1.54) is 12.1 Å². The largest absolute Gasteiger partial charge is 0.364 e. The number of halogens is 1. The molecule has 0 bridgehead atoms. The molecule has 24 heavy (non-hydrogen) atoms. The Morgan fingerprint density at radius 2 is 1.96 bits per heavy atom. The number of nitrogens with one attached hydrogen (secondary N) is 2. The van der Waals surface area contributed by atoms with Gasteiger partial charge < -0.3 is 15.8 Å². The van der Waals surface area contributed by atoms with E-state index in [0.29, 0.717) is 26.1 Å². The van der Waals surface area contributed by atoms with Crippen molar-refractivity contribution in [3.8, 4) is 0 Å². The van der Waals surface area contributed by atoms with Crippen LogP contribution in [0.5, 0.6) is 0 Å². The fraction of sp³-hybridized carbons (Fsp3) is 0.533. The molecule has 1 fully saturated rings. The highest BCUT2D eigenvalue weighted by Gasteiger charge is 2.29. The van der Waals surface area contributed by atoms with Crippen LogP contribution in [-0.4, -0.2) is 39.6 Å². The summed E-state index contributed by atoms with van der Waals surface area (Å²) in [6, 6.07) is 6.41. The summed E-state index contributed by atoms with van der Waals surface area (Å²) in [7, 11) is -3.45. The Kier molecular flexibility index (Phi) is 8.11. The van der Waals surface area contributed by atoms with Crippen LogP contribution in [0.1, 0.15) is 25.3 Å². The zero-order valence-corrected chi connectivity index (χ0v) is 15.2. The molecule has 0 aromatic heterocycles. The number of benzene rings is 1. The van der Waals surface area contributed by atoms with Gasteiger partial charge in [-0.3, -0.25) is 4.79 Å². The molecule has 1 aliphatic rings. The van der Waals surface area contributed by atoms with Gasteiger partial charge >= 0.3 is 0 Å². The summed E-state index contributed by atoms with van der Waals surface area (Å²) < 4.78 is 31.6. The fourth-order valence-electron chi connectivity index (χ4n) is 2.43. The number of nitrogens with two attached hydrogens (primary N) is 1. The third-order valence-corrected chi connectivity index (χ3v) is 5.26. The van der Waals surface area contributed by atoms with Crippen molar-refractivity contribution in [2.24, 2.45) is 5.73 Å². The Labute approximate surface area is 148 Å². The van der Waals surface area contributed by atoms with Crippen molar-refractivity contribution in [2.75, 3.05) is 13.1 Å². The average Bonchev–Trinajstić information content (AvgIpc) is 3.02. The van der Waals surface area contributed by atoms with Crippen LogP contribution in [0.3, 0.4) is 0 Å². The molecule has 1 aromatic carbocycles. The molecular weight excluding hydrogens is 354 g/mol. The molecule has 4 N–H and O–H groups in total. The van der Waals surface area contributed by atoms with Gasteiger partial charge in [-0.2, -0.15) is 0 Å². The van der Waals surface area contributed by atoms with E-state index in [4.69, 9.17) is 10.5 Å². The topological polar surface area (TPSA) is 111 Å². The first-order valence-corrected chi connectivity index (χ1v) is 9.16. The normalized spacial score (nSPS) is 20.4. The highest BCUT2D eigenvalue weighted by atomic mass is 35.5. The lowest BCUT2D eigenvalue weighted by Crippen LogP contribution is -2.35. The zero-order chi connectivity index (χ0) is 16.9. The lowest BCUT2D eigenvalue weighted by Gasteiger charge is -2.13. The summed E-state index contributed by atoms with van der Waals surface area (Å²) in [5.41, 5.74) is 6.34. The fourth-order valence-corrected chi connectivity index (χ4v) is 3.48. The van der Waals surface area contributed by atoms with Gasteiger partial charge in [-0.05, 0) is 30.5 Å². The molecule has 136 valence electrons. The minimum Gasteiger partial charge on any atom is -0.364 e. The summed E-state index contributed by atoms with van der Waals surface area (Å²) in [5.74, 6) is -0.162. The SMILES string of the molecule is CCNS(=O)(=O)c1ccc(CNC(=O)[C@@H]2CC[C@H](CN)O2)cc1.Cl. The van der Waals surface area contributed by atoms with Crippen molar-refractivity contribution >= 4 is 28.3 Å². The Morgan fingerprint density at radius 1 is 1.29 bits per heavy atom. The van der Waals surface area contributed by atoms with Gasteiger partial charge in [0.15, 0.2) is 0 Å². The number of carbonyl (C=O) groups excluding carboxylic acids is 1. The van der Waals surface area contributed by atoms with Crippen molar-refractivity contribution in [3.63, 3.8) is 0 Å². The number of hydrogen-bond donors (Lipinski definition) is 3. The smallest absolute Gasteiger partial charge is 0.249 e. The molecule has 2 rings (SSSR count). The molecule has 0 radical (unpaired) electrons. The standard InChI is InChI=1S/C15H23N3O4S.ClH/c1-2-18-23(20,21)13-6-3-11(4-7-13)10-17-15(19)14-8-5-12(9-16)22-14;/h3-4,6-7,12,14,18H,2,5,8-10,16H2,1H3,(H,17,19);1H/t12-,14+;/m1./s1. The first kappa shape index (κ1) is 20.9. The van der Waals surface area contributed by atoms with E-state index in [1.807, 2.05) is 0 Å². The van der Waals surface area contributed by atoms with Gasteiger partial charge in [-0.25, -0.2) is 13.1 Å². The molecule has 2 atom stereocenters. The molecule has 1 aliphatic heterocycles. The third-order valence-electron chi connectivity index (χ3n) is 3.70. The van der Waals surface area contributed by atoms with Crippen LogP contribution in [0.2, 0.25) is 0 Å². The van der Waals surface area contributed by atoms with Gasteiger partial charge in [0.1, 0.15) is 6.10 Å². The van der Waals surface area contributed by atoms with Gasteiger partial charge in [0.25, 0.3) is 0 Å². The minimum absolute atomic E-state index is 0. The van der Waals surface area contributed by atoms with Crippen LogP contribution >= 0.6 is 12.4 Å². The average molecular weight is 378 g/mol. The molecule has 7 nitrogen and oxygen atoms in total. The molecular formula is C15H24ClN3O4S. The van der Waals surface area contributed by atoms with E-state index < -0.39 is 16.1 Å². The highest BCUT2D eigenvalue weighted by molar-refractivity contribution is 7.89. The first-order chi connectivity index (χ1) is 11.0. The lowest BCUT2D eigenvalue weighted by molar-refractivity contribution is -0.132. The van der Waals surface area contributed by atoms with Crippen LogP contribution in [0.15, 0.2) is 29.2 Å². The van der Waals surface area contributed by atoms with E-state index in [9.17, 15) is 13.2 Å². The number of sulfonamides is 1. The van der Waals surface area contributed by atoms with Gasteiger partial charge in [0.05, 0.1) is 11.0 Å². The lowest BCUT2D eigenvalue weighted by atomic mass is 10.2. The number of amides is 1. The number of carbonyl (C=O) groups is 1. The molecule has 1 aromatic rings. The molecule has 1 saturated heterocycles. The number of rotatable bonds is 7. The summed E-state index contributed by atoms with van der Waals surface area (Å²) in [6.45, 7) is 2.81. The van der Waals surface area contributed by atoms with Crippen LogP contribution in [0.4, 0.5) is 0 Å². The van der Waals surface area contributed by atoms with E-state index in [-0.39, 0.29) is 29.3 Å². The van der Waals surface area contributed by atoms with Crippen molar-refractivity contribution in [1.82, 2.24) is 10.0 Å². The Balaban J connectivity index is 0.00000288. The van der Waals surface area contributed by atoms with E-state index in [1.54, 1.807) is 19.1 Å². The summed E-state index contributed by atoms with van der Waals surface area (Å²) in [4.78, 5) is 12.2. The predicted molar refractivity (Wildman–Crippen MR) is 93.3 cm³/mol. The van der Waals surface area contributed by atoms with Gasteiger partial charge in [-0.1, -0.05) is 19.1 Å². The van der Waals surface area contributed by atoms with Gasteiger partial charge in [0, 0.05) is 19.6 Å². The van der Waals surface area contributed by atoms with E-state index in [2.05, 4.69) is 10.0 Å². The quantitative estimate of drug-likeness (QED) is 0.642. The second kappa shape index (κ2) is 9.33. The van der Waals surface area contributed by atoms with Crippen molar-refractivity contribution in [1.29, 1.82) is 0 Å². The minimum atomic E-state index is -3.45. The summed E-state index contributed by atoms with van der Waals surface area (Å²) in [6.07, 6.45) is 0.984.